The molecular weight excluding hydrogens is 380 g/mol. The summed E-state index contributed by atoms with van der Waals surface area (Å²) in [5, 5.41) is 3.05. The average molecular weight is 396 g/mol. The third-order valence-electron chi connectivity index (χ3n) is 4.38. The Morgan fingerprint density at radius 2 is 1.93 bits per heavy atom. The monoisotopic (exact) mass is 396 g/mol. The van der Waals surface area contributed by atoms with Crippen LogP contribution in [0.3, 0.4) is 0 Å². The van der Waals surface area contributed by atoms with Gasteiger partial charge < -0.3 is 5.32 Å². The van der Waals surface area contributed by atoms with Crippen molar-refractivity contribution in [2.75, 3.05) is 18.1 Å². The molecule has 3 nitrogen and oxygen atoms in total. The maximum absolute atomic E-state index is 13.8. The first-order valence-corrected chi connectivity index (χ1v) is 9.34. The zero-order valence-corrected chi connectivity index (χ0v) is 15.1. The lowest BCUT2D eigenvalue weighted by Crippen LogP contribution is -2.31. The van der Waals surface area contributed by atoms with Crippen molar-refractivity contribution in [1.82, 2.24) is 0 Å². The highest BCUT2D eigenvalue weighted by molar-refractivity contribution is 8.13. The lowest BCUT2D eigenvalue weighted by atomic mass is 9.87. The van der Waals surface area contributed by atoms with Gasteiger partial charge in [0.25, 0.3) is 0 Å². The third kappa shape index (κ3) is 4.16. The molecule has 27 heavy (non-hydrogen) atoms. The highest BCUT2D eigenvalue weighted by atomic mass is 32.2. The Kier molecular flexibility index (Phi) is 5.55. The van der Waals surface area contributed by atoms with Crippen LogP contribution in [0.2, 0.25) is 0 Å². The number of anilines is 1. The van der Waals surface area contributed by atoms with Crippen LogP contribution in [0, 0.1) is 11.7 Å². The predicted octanol–water partition coefficient (Wildman–Crippen LogP) is 4.96. The van der Waals surface area contributed by atoms with Gasteiger partial charge in [0.1, 0.15) is 5.82 Å². The maximum atomic E-state index is 13.8. The number of halogens is 4. The van der Waals surface area contributed by atoms with Crippen molar-refractivity contribution in [3.8, 4) is 0 Å². The third-order valence-corrected chi connectivity index (χ3v) is 5.18. The van der Waals surface area contributed by atoms with Gasteiger partial charge in [-0.3, -0.25) is 9.79 Å². The van der Waals surface area contributed by atoms with Gasteiger partial charge in [0.15, 0.2) is 0 Å². The Bertz CT molecular complexity index is 882. The number of rotatable bonds is 3. The van der Waals surface area contributed by atoms with Crippen LogP contribution in [0.5, 0.6) is 0 Å². The van der Waals surface area contributed by atoms with Crippen LogP contribution in [0.15, 0.2) is 53.5 Å². The van der Waals surface area contributed by atoms with E-state index in [2.05, 4.69) is 10.3 Å². The Balaban J connectivity index is 1.90. The molecule has 2 aromatic carbocycles. The van der Waals surface area contributed by atoms with Crippen molar-refractivity contribution >= 4 is 28.4 Å². The number of aliphatic imine (C=N–C) groups is 1. The second-order valence-corrected chi connectivity index (χ2v) is 6.89. The van der Waals surface area contributed by atoms with E-state index in [-0.39, 0.29) is 12.2 Å². The van der Waals surface area contributed by atoms with E-state index in [1.165, 1.54) is 36.0 Å². The highest BCUT2D eigenvalue weighted by Gasteiger charge is 2.39. The van der Waals surface area contributed by atoms with Gasteiger partial charge in [-0.05, 0) is 30.0 Å². The zero-order chi connectivity index (χ0) is 19.6. The van der Waals surface area contributed by atoms with Gasteiger partial charge >= 0.3 is 6.18 Å². The molecule has 0 spiro atoms. The number of carbonyl (C=O) groups is 1. The van der Waals surface area contributed by atoms with E-state index >= 15 is 0 Å². The average Bonchev–Trinajstić information content (AvgIpc) is 3.07. The summed E-state index contributed by atoms with van der Waals surface area (Å²) < 4.78 is 52.9. The van der Waals surface area contributed by atoms with Crippen molar-refractivity contribution < 1.29 is 22.4 Å². The molecule has 3 rings (SSSR count). The summed E-state index contributed by atoms with van der Waals surface area (Å²) >= 11 is 1.26. The van der Waals surface area contributed by atoms with Gasteiger partial charge in [-0.1, -0.05) is 30.3 Å². The van der Waals surface area contributed by atoms with Crippen LogP contribution < -0.4 is 5.32 Å². The second-order valence-electron chi connectivity index (χ2n) is 6.06. The van der Waals surface area contributed by atoms with Crippen molar-refractivity contribution in [3.05, 3.63) is 65.5 Å². The lowest BCUT2D eigenvalue weighted by Gasteiger charge is -2.21. The molecule has 1 aliphatic rings. The Labute approximate surface area is 157 Å². The Morgan fingerprint density at radius 3 is 2.59 bits per heavy atom. The molecule has 142 valence electrons. The summed E-state index contributed by atoms with van der Waals surface area (Å²) in [7, 11) is 0. The van der Waals surface area contributed by atoms with Gasteiger partial charge in [0.2, 0.25) is 5.91 Å². The molecule has 2 unspecified atom stereocenters. The van der Waals surface area contributed by atoms with Gasteiger partial charge in [0.05, 0.1) is 22.2 Å². The summed E-state index contributed by atoms with van der Waals surface area (Å²) in [6, 6.07) is 10.6. The zero-order valence-electron chi connectivity index (χ0n) is 14.3. The minimum atomic E-state index is -4.47. The van der Waals surface area contributed by atoms with E-state index in [1.807, 2.05) is 0 Å². The van der Waals surface area contributed by atoms with E-state index in [0.29, 0.717) is 10.6 Å². The number of nitrogens with one attached hydrogen (secondary N) is 1. The van der Waals surface area contributed by atoms with E-state index < -0.39 is 35.3 Å². The van der Waals surface area contributed by atoms with E-state index in [1.54, 1.807) is 18.4 Å². The van der Waals surface area contributed by atoms with Crippen molar-refractivity contribution in [1.29, 1.82) is 0 Å². The first kappa shape index (κ1) is 19.4. The highest BCUT2D eigenvalue weighted by Crippen LogP contribution is 2.38. The summed E-state index contributed by atoms with van der Waals surface area (Å²) in [4.78, 5) is 17.1. The first-order chi connectivity index (χ1) is 12.8. The first-order valence-electron chi connectivity index (χ1n) is 8.12. The number of hydrogen-bond acceptors (Lipinski definition) is 3. The van der Waals surface area contributed by atoms with Crippen LogP contribution >= 0.6 is 11.8 Å². The fourth-order valence-electron chi connectivity index (χ4n) is 3.07. The molecule has 1 amide bonds. The summed E-state index contributed by atoms with van der Waals surface area (Å²) in [6.45, 7) is 0.201. The maximum Gasteiger partial charge on any atom is 0.416 e. The fraction of sp³-hybridized carbons (Fsp3) is 0.263. The smallest absolute Gasteiger partial charge is 0.323 e. The molecule has 2 atom stereocenters. The van der Waals surface area contributed by atoms with Gasteiger partial charge in [-0.2, -0.15) is 13.2 Å². The molecular formula is C19H16F4N2OS. The molecule has 2 aromatic rings. The number of carbonyl (C=O) groups excluding carboxylic acids is 1. The Hall–Kier alpha value is -2.35. The number of para-hydroxylation sites is 1. The van der Waals surface area contributed by atoms with Crippen LogP contribution in [-0.4, -0.2) is 23.8 Å². The topological polar surface area (TPSA) is 41.5 Å². The molecule has 8 heteroatoms. The van der Waals surface area contributed by atoms with Gasteiger partial charge in [0, 0.05) is 12.5 Å². The van der Waals surface area contributed by atoms with Crippen molar-refractivity contribution in [2.45, 2.75) is 12.1 Å². The normalized spacial score (nSPS) is 19.7. The minimum Gasteiger partial charge on any atom is -0.323 e. The summed E-state index contributed by atoms with van der Waals surface area (Å²) in [5.74, 6) is -2.39. The molecule has 1 heterocycles. The molecule has 0 aromatic heterocycles. The SMILES string of the molecule is CSC1=NCC(c2cccc(C(F)(F)F)c2)C1C(=O)Nc1ccccc1F. The fourth-order valence-corrected chi connectivity index (χ4v) is 3.80. The number of hydrogen-bond donors (Lipinski definition) is 1. The van der Waals surface area contributed by atoms with Crippen LogP contribution in [0.4, 0.5) is 23.2 Å². The summed E-state index contributed by atoms with van der Waals surface area (Å²) in [5.41, 5.74) is -0.366. The molecule has 0 saturated carbocycles. The molecule has 0 bridgehead atoms. The minimum absolute atomic E-state index is 0.0256. The predicted molar refractivity (Wildman–Crippen MR) is 98.5 cm³/mol. The number of benzene rings is 2. The molecule has 0 fully saturated rings. The number of nitrogens with zero attached hydrogens (tertiary/aromatic N) is 1. The molecule has 0 aliphatic carbocycles. The van der Waals surface area contributed by atoms with Gasteiger partial charge in [-0.15, -0.1) is 11.8 Å². The number of alkyl halides is 3. The summed E-state index contributed by atoms with van der Waals surface area (Å²) in [6.07, 6.45) is -2.72. The van der Waals surface area contributed by atoms with Crippen molar-refractivity contribution in [2.24, 2.45) is 10.9 Å². The van der Waals surface area contributed by atoms with Crippen LogP contribution in [0.25, 0.3) is 0 Å². The standard InChI is InChI=1S/C19H16F4N2OS/c1-27-18-16(17(26)25-15-8-3-2-7-14(15)20)13(10-24-18)11-5-4-6-12(9-11)19(21,22)23/h2-9,13,16H,10H2,1H3,(H,25,26). The van der Waals surface area contributed by atoms with E-state index in [9.17, 15) is 22.4 Å². The van der Waals surface area contributed by atoms with E-state index in [0.717, 1.165) is 12.1 Å². The molecule has 1 aliphatic heterocycles. The molecule has 0 saturated heterocycles. The van der Waals surface area contributed by atoms with Crippen molar-refractivity contribution in [3.63, 3.8) is 0 Å². The van der Waals surface area contributed by atoms with Gasteiger partial charge in [-0.25, -0.2) is 4.39 Å². The molecule has 1 N–H and O–H groups in total. The lowest BCUT2D eigenvalue weighted by molar-refractivity contribution is -0.137. The number of amides is 1. The Morgan fingerprint density at radius 1 is 1.19 bits per heavy atom. The second kappa shape index (κ2) is 7.72. The largest absolute Gasteiger partial charge is 0.416 e. The quantitative estimate of drug-likeness (QED) is 0.746. The molecule has 0 radical (unpaired) electrons. The van der Waals surface area contributed by atoms with Crippen LogP contribution in [0.1, 0.15) is 17.0 Å². The van der Waals surface area contributed by atoms with Crippen LogP contribution in [-0.2, 0) is 11.0 Å². The number of thioether (sulfide) groups is 1. The van der Waals surface area contributed by atoms with E-state index in [4.69, 9.17) is 0 Å².